The molecule has 16 heavy (non-hydrogen) atoms. The Hall–Kier alpha value is -1.31. The predicted molar refractivity (Wildman–Crippen MR) is 53.8 cm³/mol. The lowest BCUT2D eigenvalue weighted by Crippen LogP contribution is -2.39. The largest absolute Gasteiger partial charge is 0.512 e. The summed E-state index contributed by atoms with van der Waals surface area (Å²) in [5, 5.41) is 0. The van der Waals surface area contributed by atoms with E-state index in [0.717, 1.165) is 12.4 Å². The highest BCUT2D eigenvalue weighted by Gasteiger charge is 2.26. The third-order valence-corrected chi connectivity index (χ3v) is 2.33. The lowest BCUT2D eigenvalue weighted by molar-refractivity contribution is 0.122. The van der Waals surface area contributed by atoms with Crippen molar-refractivity contribution in [2.24, 2.45) is 0 Å². The molecule has 1 aliphatic rings. The van der Waals surface area contributed by atoms with Gasteiger partial charge in [-0.15, -0.1) is 0 Å². The van der Waals surface area contributed by atoms with Crippen LogP contribution in [0.5, 0.6) is 0 Å². The van der Waals surface area contributed by atoms with Crippen LogP contribution in [0.4, 0.5) is 18.9 Å². The Bertz CT molecular complexity index is 351. The fourth-order valence-electron chi connectivity index (χ4n) is 1.43. The number of nitrogens with zero attached hydrogens (tertiary/aromatic N) is 3. The summed E-state index contributed by atoms with van der Waals surface area (Å²) in [6, 6.07) is 0. The number of halogens is 3. The standard InChI is InChI=1S/C8H10BF3N3O/c10-9(11,12)7-5-13-8(14-6-7)15-1-3-16-4-2-15/h5-6H,1-4H2/q-1. The van der Waals surface area contributed by atoms with Gasteiger partial charge in [-0.2, -0.15) is 0 Å². The van der Waals surface area contributed by atoms with E-state index in [9.17, 15) is 12.9 Å². The normalized spacial score (nSPS) is 17.6. The van der Waals surface area contributed by atoms with Crippen molar-refractivity contribution in [2.45, 2.75) is 0 Å². The maximum Gasteiger partial charge on any atom is 0.512 e. The Morgan fingerprint density at radius 2 is 1.69 bits per heavy atom. The van der Waals surface area contributed by atoms with Crippen LogP contribution < -0.4 is 10.4 Å². The molecular formula is C8H10BF3N3O-. The quantitative estimate of drug-likeness (QED) is 0.690. The van der Waals surface area contributed by atoms with Gasteiger partial charge in [-0.3, -0.25) is 0 Å². The van der Waals surface area contributed by atoms with Gasteiger partial charge in [0.15, 0.2) is 0 Å². The molecule has 0 saturated carbocycles. The van der Waals surface area contributed by atoms with Crippen LogP contribution in [0.15, 0.2) is 12.4 Å². The predicted octanol–water partition coefficient (Wildman–Crippen LogP) is 0.368. The van der Waals surface area contributed by atoms with Gasteiger partial charge in [0.25, 0.3) is 0 Å². The van der Waals surface area contributed by atoms with Crippen molar-refractivity contribution in [1.82, 2.24) is 9.97 Å². The summed E-state index contributed by atoms with van der Waals surface area (Å²) in [6.07, 6.45) is 1.66. The van der Waals surface area contributed by atoms with E-state index < -0.39 is 12.4 Å². The van der Waals surface area contributed by atoms with E-state index in [1.165, 1.54) is 0 Å². The van der Waals surface area contributed by atoms with Crippen LogP contribution in [-0.4, -0.2) is 43.2 Å². The molecule has 1 aliphatic heterocycles. The van der Waals surface area contributed by atoms with Crippen LogP contribution in [0, 0.1) is 0 Å². The lowest BCUT2D eigenvalue weighted by Gasteiger charge is -2.27. The monoisotopic (exact) mass is 232 g/mol. The second kappa shape index (κ2) is 4.29. The average Bonchev–Trinajstić information content (AvgIpc) is 2.29. The van der Waals surface area contributed by atoms with Crippen LogP contribution in [-0.2, 0) is 4.74 Å². The van der Waals surface area contributed by atoms with Crippen molar-refractivity contribution in [3.8, 4) is 0 Å². The van der Waals surface area contributed by atoms with Gasteiger partial charge in [0.2, 0.25) is 5.95 Å². The molecule has 0 aromatic carbocycles. The first-order chi connectivity index (χ1) is 7.57. The summed E-state index contributed by atoms with van der Waals surface area (Å²) >= 11 is 0. The van der Waals surface area contributed by atoms with E-state index in [0.29, 0.717) is 32.3 Å². The second-order valence-electron chi connectivity index (χ2n) is 3.49. The van der Waals surface area contributed by atoms with E-state index in [1.54, 1.807) is 4.90 Å². The van der Waals surface area contributed by atoms with Crippen molar-refractivity contribution < 1.29 is 17.7 Å². The van der Waals surface area contributed by atoms with E-state index in [4.69, 9.17) is 4.74 Å². The highest BCUT2D eigenvalue weighted by molar-refractivity contribution is 6.73. The molecule has 0 spiro atoms. The number of hydrogen-bond acceptors (Lipinski definition) is 4. The van der Waals surface area contributed by atoms with Gasteiger partial charge < -0.3 is 22.6 Å². The molecule has 0 atom stereocenters. The van der Waals surface area contributed by atoms with Gasteiger partial charge in [0, 0.05) is 25.5 Å². The SMILES string of the molecule is F[B-](F)(F)c1cnc(N2CCOCC2)nc1. The zero-order chi connectivity index (χ0) is 11.6. The highest BCUT2D eigenvalue weighted by Crippen LogP contribution is 2.11. The van der Waals surface area contributed by atoms with Gasteiger partial charge in [-0.25, -0.2) is 9.97 Å². The fraction of sp³-hybridized carbons (Fsp3) is 0.500. The average molecular weight is 232 g/mol. The van der Waals surface area contributed by atoms with Crippen LogP contribution >= 0.6 is 0 Å². The first-order valence-electron chi connectivity index (χ1n) is 4.92. The number of rotatable bonds is 2. The van der Waals surface area contributed by atoms with Gasteiger partial charge in [0.05, 0.1) is 13.2 Å². The molecule has 0 bridgehead atoms. The molecule has 1 aromatic heterocycles. The minimum Gasteiger partial charge on any atom is -0.445 e. The Morgan fingerprint density at radius 1 is 1.12 bits per heavy atom. The Labute approximate surface area is 90.5 Å². The second-order valence-corrected chi connectivity index (χ2v) is 3.49. The molecule has 8 heteroatoms. The first kappa shape index (κ1) is 11.2. The molecule has 0 amide bonds. The zero-order valence-corrected chi connectivity index (χ0v) is 8.44. The van der Waals surface area contributed by atoms with E-state index >= 15 is 0 Å². The number of ether oxygens (including phenoxy) is 1. The summed E-state index contributed by atoms with van der Waals surface area (Å²) in [5.74, 6) is 0.326. The van der Waals surface area contributed by atoms with Gasteiger partial charge in [-0.05, 0) is 0 Å². The minimum absolute atomic E-state index is 0.326. The molecule has 1 saturated heterocycles. The summed E-state index contributed by atoms with van der Waals surface area (Å²) in [4.78, 5) is 9.25. The molecule has 1 fully saturated rings. The molecule has 0 N–H and O–H groups in total. The highest BCUT2D eigenvalue weighted by atomic mass is 19.4. The van der Waals surface area contributed by atoms with E-state index in [1.807, 2.05) is 0 Å². The van der Waals surface area contributed by atoms with E-state index in [-0.39, 0.29) is 0 Å². The van der Waals surface area contributed by atoms with Crippen molar-refractivity contribution in [1.29, 1.82) is 0 Å². The number of aromatic nitrogens is 2. The molecule has 0 unspecified atom stereocenters. The van der Waals surface area contributed by atoms with Crippen molar-refractivity contribution >= 4 is 18.4 Å². The van der Waals surface area contributed by atoms with Crippen molar-refractivity contribution in [3.63, 3.8) is 0 Å². The number of morpholine rings is 1. The molecule has 2 rings (SSSR count). The molecule has 88 valence electrons. The van der Waals surface area contributed by atoms with E-state index in [2.05, 4.69) is 9.97 Å². The van der Waals surface area contributed by atoms with Crippen LogP contribution in [0.25, 0.3) is 0 Å². The van der Waals surface area contributed by atoms with Gasteiger partial charge in [0.1, 0.15) is 0 Å². The van der Waals surface area contributed by atoms with Crippen LogP contribution in [0.1, 0.15) is 0 Å². The lowest BCUT2D eigenvalue weighted by atomic mass is 9.83. The Morgan fingerprint density at radius 3 is 2.19 bits per heavy atom. The minimum atomic E-state index is -5.01. The van der Waals surface area contributed by atoms with Crippen LogP contribution in [0.3, 0.4) is 0 Å². The third-order valence-electron chi connectivity index (χ3n) is 2.33. The summed E-state index contributed by atoms with van der Waals surface area (Å²) in [6.45, 7) is -2.70. The topological polar surface area (TPSA) is 38.2 Å². The van der Waals surface area contributed by atoms with Gasteiger partial charge in [-0.1, -0.05) is 5.46 Å². The first-order valence-corrected chi connectivity index (χ1v) is 4.92. The summed E-state index contributed by atoms with van der Waals surface area (Å²) < 4.78 is 42.1. The smallest absolute Gasteiger partial charge is 0.445 e. The molecular weight excluding hydrogens is 222 g/mol. The summed E-state index contributed by atoms with van der Waals surface area (Å²) in [7, 11) is 0. The molecule has 2 heterocycles. The van der Waals surface area contributed by atoms with Crippen LogP contribution in [0.2, 0.25) is 0 Å². The number of hydrogen-bond donors (Lipinski definition) is 0. The van der Waals surface area contributed by atoms with Crippen molar-refractivity contribution in [2.75, 3.05) is 31.2 Å². The Balaban J connectivity index is 2.12. The molecule has 4 nitrogen and oxygen atoms in total. The summed E-state index contributed by atoms with van der Waals surface area (Å²) in [5.41, 5.74) is -0.767. The molecule has 0 radical (unpaired) electrons. The number of anilines is 1. The third kappa shape index (κ3) is 2.44. The molecule has 1 aromatic rings. The fourth-order valence-corrected chi connectivity index (χ4v) is 1.43. The van der Waals surface area contributed by atoms with Gasteiger partial charge >= 0.3 is 6.98 Å². The van der Waals surface area contributed by atoms with Crippen molar-refractivity contribution in [3.05, 3.63) is 12.4 Å². The molecule has 0 aliphatic carbocycles. The Kier molecular flexibility index (Phi) is 3.00. The zero-order valence-electron chi connectivity index (χ0n) is 8.44. The maximum atomic E-state index is 12.3. The maximum absolute atomic E-state index is 12.3.